The van der Waals surface area contributed by atoms with Gasteiger partial charge >= 0.3 is 0 Å². The Labute approximate surface area is 188 Å². The molecule has 0 unspecified atom stereocenters. The molecule has 4 aromatic rings. The molecule has 5 heteroatoms. The van der Waals surface area contributed by atoms with Crippen molar-refractivity contribution in [2.45, 2.75) is 25.9 Å². The minimum atomic E-state index is -0.0631. The van der Waals surface area contributed by atoms with Gasteiger partial charge in [0.15, 0.2) is 5.11 Å². The molecule has 0 spiro atoms. The number of hydrogen-bond donors (Lipinski definition) is 1. The minimum Gasteiger partial charge on any atom is -0.351 e. The molecule has 5 rings (SSSR count). The molecule has 0 bridgehead atoms. The van der Waals surface area contributed by atoms with Gasteiger partial charge in [0, 0.05) is 29.5 Å². The van der Waals surface area contributed by atoms with Gasteiger partial charge in [-0.2, -0.15) is 0 Å². The van der Waals surface area contributed by atoms with E-state index in [0.717, 1.165) is 11.4 Å². The van der Waals surface area contributed by atoms with E-state index < -0.39 is 0 Å². The predicted molar refractivity (Wildman–Crippen MR) is 130 cm³/mol. The van der Waals surface area contributed by atoms with Crippen molar-refractivity contribution in [2.75, 3.05) is 4.90 Å². The van der Waals surface area contributed by atoms with E-state index >= 15 is 0 Å². The first-order chi connectivity index (χ1) is 15.1. The molecule has 31 heavy (non-hydrogen) atoms. The summed E-state index contributed by atoms with van der Waals surface area (Å²) < 4.78 is 2.27. The third-order valence-corrected chi connectivity index (χ3v) is 6.15. The van der Waals surface area contributed by atoms with Crippen LogP contribution in [-0.4, -0.2) is 14.7 Å². The second-order valence-corrected chi connectivity index (χ2v) is 8.31. The third kappa shape index (κ3) is 3.51. The number of thiocarbonyl (C=S) groups is 1. The lowest BCUT2D eigenvalue weighted by Gasteiger charge is -2.29. The number of aromatic nitrogens is 2. The van der Waals surface area contributed by atoms with Crippen molar-refractivity contribution in [1.82, 2.24) is 14.9 Å². The van der Waals surface area contributed by atoms with Gasteiger partial charge in [-0.3, -0.25) is 4.98 Å². The Kier molecular flexibility index (Phi) is 5.04. The molecule has 154 valence electrons. The molecular weight excluding hydrogens is 400 g/mol. The lowest BCUT2D eigenvalue weighted by molar-refractivity contribution is 0.549. The molecular formula is C26H24N4S. The predicted octanol–water partition coefficient (Wildman–Crippen LogP) is 5.67. The van der Waals surface area contributed by atoms with Crippen LogP contribution < -0.4 is 10.2 Å². The molecule has 1 N–H and O–H groups in total. The molecule has 3 heterocycles. The van der Waals surface area contributed by atoms with E-state index in [1.807, 2.05) is 18.3 Å². The van der Waals surface area contributed by atoms with E-state index in [2.05, 4.69) is 107 Å². The molecule has 2 aromatic carbocycles. The normalized spacial score (nSPS) is 18.3. The van der Waals surface area contributed by atoms with Gasteiger partial charge in [0.25, 0.3) is 0 Å². The maximum absolute atomic E-state index is 5.86. The van der Waals surface area contributed by atoms with Crippen molar-refractivity contribution in [3.05, 3.63) is 114 Å². The Bertz CT molecular complexity index is 1230. The van der Waals surface area contributed by atoms with Crippen molar-refractivity contribution in [2.24, 2.45) is 0 Å². The standard InChI is InChI=1S/C26H24N4S/c1-18-9-7-11-20(17-18)30-25(24(28-26(30)31)21-12-5-6-15-27-21)23-14-8-16-29(23)22-13-4-3-10-19(22)2/h3-17,24-25H,1-2H3,(H,28,31)/t24-,25+/m1/s1. The number of hydrogen-bond acceptors (Lipinski definition) is 2. The fourth-order valence-corrected chi connectivity index (χ4v) is 4.75. The zero-order chi connectivity index (χ0) is 21.4. The molecule has 1 aliphatic rings. The average Bonchev–Trinajstić information content (AvgIpc) is 3.39. The minimum absolute atomic E-state index is 0.0428. The molecule has 4 nitrogen and oxygen atoms in total. The van der Waals surface area contributed by atoms with Gasteiger partial charge in [0.1, 0.15) is 6.04 Å². The van der Waals surface area contributed by atoms with E-state index in [1.54, 1.807) is 0 Å². The van der Waals surface area contributed by atoms with Crippen molar-refractivity contribution in [1.29, 1.82) is 0 Å². The number of aryl methyl sites for hydroxylation is 2. The van der Waals surface area contributed by atoms with Gasteiger partial charge in [-0.1, -0.05) is 36.4 Å². The van der Waals surface area contributed by atoms with Crippen LogP contribution in [0.1, 0.15) is 34.6 Å². The molecule has 0 aliphatic carbocycles. The average molecular weight is 425 g/mol. The fourth-order valence-electron chi connectivity index (χ4n) is 4.40. The number of nitrogens with one attached hydrogen (secondary N) is 1. The Hall–Kier alpha value is -3.44. The van der Waals surface area contributed by atoms with Crippen LogP contribution >= 0.6 is 12.2 Å². The summed E-state index contributed by atoms with van der Waals surface area (Å²) in [5.74, 6) is 0. The highest BCUT2D eigenvalue weighted by Crippen LogP contribution is 2.42. The summed E-state index contributed by atoms with van der Waals surface area (Å²) in [6.07, 6.45) is 3.97. The van der Waals surface area contributed by atoms with Crippen LogP contribution in [0.5, 0.6) is 0 Å². The Morgan fingerprint density at radius 1 is 0.903 bits per heavy atom. The van der Waals surface area contributed by atoms with Crippen molar-refractivity contribution in [3.8, 4) is 5.69 Å². The van der Waals surface area contributed by atoms with E-state index in [0.29, 0.717) is 5.11 Å². The molecule has 2 aromatic heterocycles. The van der Waals surface area contributed by atoms with Crippen LogP contribution in [0, 0.1) is 13.8 Å². The quantitative estimate of drug-likeness (QED) is 0.428. The maximum atomic E-state index is 5.86. The summed E-state index contributed by atoms with van der Waals surface area (Å²) in [5, 5.41) is 4.26. The van der Waals surface area contributed by atoms with Crippen LogP contribution in [0.25, 0.3) is 5.69 Å². The first-order valence-corrected chi connectivity index (χ1v) is 10.8. The van der Waals surface area contributed by atoms with Gasteiger partial charge in [-0.05, 0) is 79.7 Å². The second-order valence-electron chi connectivity index (χ2n) is 7.93. The summed E-state index contributed by atoms with van der Waals surface area (Å²) >= 11 is 5.86. The SMILES string of the molecule is Cc1cccc(N2C(=S)N[C@H](c3ccccn3)[C@@H]2c2cccn2-c2ccccc2C)c1. The van der Waals surface area contributed by atoms with Crippen LogP contribution in [0.3, 0.4) is 0 Å². The second kappa shape index (κ2) is 8.00. The highest BCUT2D eigenvalue weighted by Gasteiger charge is 2.42. The smallest absolute Gasteiger partial charge is 0.174 e. The number of nitrogens with zero attached hydrogens (tertiary/aromatic N) is 3. The maximum Gasteiger partial charge on any atom is 0.174 e. The Balaban J connectivity index is 1.69. The topological polar surface area (TPSA) is 33.1 Å². The van der Waals surface area contributed by atoms with E-state index in [4.69, 9.17) is 12.2 Å². The van der Waals surface area contributed by atoms with Gasteiger partial charge in [0.2, 0.25) is 0 Å². The van der Waals surface area contributed by atoms with Gasteiger partial charge in [-0.25, -0.2) is 0 Å². The molecule has 1 saturated heterocycles. The van der Waals surface area contributed by atoms with Crippen LogP contribution in [-0.2, 0) is 0 Å². The zero-order valence-corrected chi connectivity index (χ0v) is 18.4. The van der Waals surface area contributed by atoms with Crippen LogP contribution in [0.4, 0.5) is 5.69 Å². The number of pyridine rings is 1. The lowest BCUT2D eigenvalue weighted by atomic mass is 10.00. The zero-order valence-electron chi connectivity index (χ0n) is 17.6. The molecule has 2 atom stereocenters. The van der Waals surface area contributed by atoms with Crippen LogP contribution in [0.15, 0.2) is 91.3 Å². The molecule has 0 saturated carbocycles. The first kappa shape index (κ1) is 19.5. The number of anilines is 1. The summed E-state index contributed by atoms with van der Waals surface area (Å²) in [6.45, 7) is 4.25. The highest BCUT2D eigenvalue weighted by molar-refractivity contribution is 7.80. The van der Waals surface area contributed by atoms with Gasteiger partial charge < -0.3 is 14.8 Å². The Morgan fingerprint density at radius 3 is 2.52 bits per heavy atom. The van der Waals surface area contributed by atoms with Gasteiger partial charge in [-0.15, -0.1) is 0 Å². The van der Waals surface area contributed by atoms with E-state index in [-0.39, 0.29) is 12.1 Å². The monoisotopic (exact) mass is 424 g/mol. The summed E-state index contributed by atoms with van der Waals surface area (Å²) in [5.41, 5.74) is 6.82. The number of para-hydroxylation sites is 1. The Morgan fingerprint density at radius 2 is 1.74 bits per heavy atom. The van der Waals surface area contributed by atoms with Crippen molar-refractivity contribution >= 4 is 23.0 Å². The first-order valence-electron chi connectivity index (χ1n) is 10.4. The van der Waals surface area contributed by atoms with Crippen molar-refractivity contribution in [3.63, 3.8) is 0 Å². The van der Waals surface area contributed by atoms with Gasteiger partial charge in [0.05, 0.1) is 11.7 Å². The molecule has 0 radical (unpaired) electrons. The van der Waals surface area contributed by atoms with Crippen LogP contribution in [0.2, 0.25) is 0 Å². The summed E-state index contributed by atoms with van der Waals surface area (Å²) in [6, 6.07) is 27.2. The molecule has 0 amide bonds. The fraction of sp³-hybridized carbons (Fsp3) is 0.154. The van der Waals surface area contributed by atoms with Crippen molar-refractivity contribution < 1.29 is 0 Å². The summed E-state index contributed by atoms with van der Waals surface area (Å²) in [7, 11) is 0. The number of rotatable bonds is 4. The molecule has 1 aliphatic heterocycles. The summed E-state index contributed by atoms with van der Waals surface area (Å²) in [4.78, 5) is 6.89. The van der Waals surface area contributed by atoms with E-state index in [9.17, 15) is 0 Å². The highest BCUT2D eigenvalue weighted by atomic mass is 32.1. The largest absolute Gasteiger partial charge is 0.351 e. The third-order valence-electron chi connectivity index (χ3n) is 5.84. The van der Waals surface area contributed by atoms with E-state index in [1.165, 1.54) is 22.5 Å². The number of benzene rings is 2. The molecule has 1 fully saturated rings. The lowest BCUT2D eigenvalue weighted by Crippen LogP contribution is -2.30.